The van der Waals surface area contributed by atoms with Crippen LogP contribution in [0.2, 0.25) is 0 Å². The van der Waals surface area contributed by atoms with Crippen LogP contribution >= 0.6 is 0 Å². The quantitative estimate of drug-likeness (QED) is 0.165. The smallest absolute Gasteiger partial charge is 0.252 e. The van der Waals surface area contributed by atoms with Gasteiger partial charge in [-0.3, -0.25) is 0 Å². The molecule has 0 saturated carbocycles. The first-order valence-corrected chi connectivity index (χ1v) is 23.6. The summed E-state index contributed by atoms with van der Waals surface area (Å²) in [6, 6.07) is 68.9. The summed E-state index contributed by atoms with van der Waals surface area (Å²) in [6.45, 7) is 13.5. The molecule has 9 aromatic carbocycles. The van der Waals surface area contributed by atoms with Gasteiger partial charge in [0.25, 0.3) is 6.71 Å². The lowest BCUT2D eigenvalue weighted by atomic mass is 9.33. The van der Waals surface area contributed by atoms with Crippen molar-refractivity contribution in [3.8, 4) is 22.3 Å². The van der Waals surface area contributed by atoms with E-state index < -0.39 is 0 Å². The molecular formula is C62H49BN2O2. The molecule has 0 N–H and O–H groups in total. The van der Waals surface area contributed by atoms with Gasteiger partial charge in [0.15, 0.2) is 0 Å². The molecule has 0 amide bonds. The average molecular weight is 865 g/mol. The zero-order valence-electron chi connectivity index (χ0n) is 38.7. The van der Waals surface area contributed by atoms with Gasteiger partial charge in [-0.2, -0.15) is 0 Å². The highest BCUT2D eigenvalue weighted by Crippen LogP contribution is 2.51. The minimum atomic E-state index is -0.0965. The number of anilines is 6. The first-order chi connectivity index (χ1) is 32.6. The molecule has 67 heavy (non-hydrogen) atoms. The number of benzene rings is 9. The second-order valence-electron chi connectivity index (χ2n) is 20.4. The predicted octanol–water partition coefficient (Wildman–Crippen LogP) is 15.5. The van der Waals surface area contributed by atoms with Gasteiger partial charge in [-0.05, 0) is 63.6 Å². The van der Waals surface area contributed by atoms with Crippen molar-refractivity contribution in [2.75, 3.05) is 9.80 Å². The first-order valence-electron chi connectivity index (χ1n) is 23.6. The third-order valence-electron chi connectivity index (χ3n) is 14.3. The summed E-state index contributed by atoms with van der Waals surface area (Å²) < 4.78 is 14.2. The molecule has 0 atom stereocenters. The second-order valence-corrected chi connectivity index (χ2v) is 20.4. The number of para-hydroxylation sites is 8. The zero-order valence-corrected chi connectivity index (χ0v) is 38.7. The molecule has 13 rings (SSSR count). The maximum Gasteiger partial charge on any atom is 0.252 e. The van der Waals surface area contributed by atoms with Crippen LogP contribution in [0, 0.1) is 0 Å². The molecule has 4 nitrogen and oxygen atoms in total. The minimum absolute atomic E-state index is 0.0862. The van der Waals surface area contributed by atoms with E-state index in [1.165, 1.54) is 27.5 Å². The van der Waals surface area contributed by atoms with E-state index in [9.17, 15) is 0 Å². The van der Waals surface area contributed by atoms with Crippen LogP contribution in [0.15, 0.2) is 197 Å². The highest BCUT2D eigenvalue weighted by molar-refractivity contribution is 7.00. The highest BCUT2D eigenvalue weighted by atomic mass is 16.3. The van der Waals surface area contributed by atoms with Crippen LogP contribution in [0.3, 0.4) is 0 Å². The van der Waals surface area contributed by atoms with E-state index in [2.05, 4.69) is 239 Å². The van der Waals surface area contributed by atoms with Gasteiger partial charge in [0, 0.05) is 89.0 Å². The Hall–Kier alpha value is -7.76. The Labute approximate surface area is 391 Å². The van der Waals surface area contributed by atoms with Crippen LogP contribution < -0.4 is 26.2 Å². The van der Waals surface area contributed by atoms with Gasteiger partial charge in [0.2, 0.25) is 0 Å². The van der Waals surface area contributed by atoms with Crippen molar-refractivity contribution in [1.29, 1.82) is 0 Å². The number of rotatable bonds is 4. The van der Waals surface area contributed by atoms with Gasteiger partial charge in [-0.25, -0.2) is 0 Å². The molecule has 5 heteroatoms. The van der Waals surface area contributed by atoms with Crippen LogP contribution in [0.25, 0.3) is 66.1 Å². The van der Waals surface area contributed by atoms with Crippen LogP contribution in [-0.4, -0.2) is 6.71 Å². The summed E-state index contributed by atoms with van der Waals surface area (Å²) in [5.41, 5.74) is 21.0. The second kappa shape index (κ2) is 14.4. The van der Waals surface area contributed by atoms with Gasteiger partial charge < -0.3 is 18.6 Å². The normalized spacial score (nSPS) is 13.4. The average Bonchev–Trinajstić information content (AvgIpc) is 3.92. The minimum Gasteiger partial charge on any atom is -0.455 e. The first kappa shape index (κ1) is 39.6. The van der Waals surface area contributed by atoms with Crippen LogP contribution in [0.1, 0.15) is 52.7 Å². The van der Waals surface area contributed by atoms with Crippen molar-refractivity contribution in [3.05, 3.63) is 199 Å². The molecule has 0 fully saturated rings. The van der Waals surface area contributed by atoms with Gasteiger partial charge in [-0.15, -0.1) is 0 Å². The fourth-order valence-corrected chi connectivity index (χ4v) is 11.4. The van der Waals surface area contributed by atoms with E-state index in [-0.39, 0.29) is 17.5 Å². The SMILES string of the molecule is CC(C)(C)c1cccc2c1oc1c(-c3cccc4c3N(c3ccccc3)c3cccc5c3B4c3cccc(-c4cccc6c4oc4c(C(C)(C)C)cccc46)c3N5c3ccccc3)cccc12. The van der Waals surface area contributed by atoms with E-state index in [0.29, 0.717) is 0 Å². The third-order valence-corrected chi connectivity index (χ3v) is 14.3. The Morgan fingerprint density at radius 2 is 0.701 bits per heavy atom. The molecule has 0 spiro atoms. The number of hydrogen-bond acceptors (Lipinski definition) is 4. The molecule has 322 valence electrons. The number of hydrogen-bond donors (Lipinski definition) is 0. The van der Waals surface area contributed by atoms with E-state index in [1.54, 1.807) is 0 Å². The molecular weight excluding hydrogens is 816 g/mol. The Balaban J connectivity index is 1.12. The maximum atomic E-state index is 7.11. The monoisotopic (exact) mass is 864 g/mol. The summed E-state index contributed by atoms with van der Waals surface area (Å²) >= 11 is 0. The summed E-state index contributed by atoms with van der Waals surface area (Å²) in [4.78, 5) is 5.00. The van der Waals surface area contributed by atoms with E-state index in [1.807, 2.05) is 0 Å². The highest BCUT2D eigenvalue weighted by Gasteiger charge is 2.45. The third kappa shape index (κ3) is 5.80. The summed E-state index contributed by atoms with van der Waals surface area (Å²) in [7, 11) is 0. The van der Waals surface area contributed by atoms with Crippen LogP contribution in [-0.2, 0) is 10.8 Å². The Morgan fingerprint density at radius 1 is 0.343 bits per heavy atom. The lowest BCUT2D eigenvalue weighted by Gasteiger charge is -2.45. The summed E-state index contributed by atoms with van der Waals surface area (Å²) in [6.07, 6.45) is 0. The molecule has 4 heterocycles. The largest absolute Gasteiger partial charge is 0.455 e. The van der Waals surface area contributed by atoms with Crippen LogP contribution in [0.5, 0.6) is 0 Å². The molecule has 0 radical (unpaired) electrons. The Morgan fingerprint density at radius 3 is 1.12 bits per heavy atom. The molecule has 0 bridgehead atoms. The van der Waals surface area contributed by atoms with Gasteiger partial charge >= 0.3 is 0 Å². The molecule has 0 saturated heterocycles. The van der Waals surface area contributed by atoms with Gasteiger partial charge in [-0.1, -0.05) is 193 Å². The molecule has 2 aliphatic rings. The Bertz CT molecular complexity index is 3550. The number of fused-ring (bicyclic) bond motifs is 10. The molecule has 11 aromatic rings. The van der Waals surface area contributed by atoms with Gasteiger partial charge in [0.05, 0.1) is 0 Å². The van der Waals surface area contributed by atoms with Crippen molar-refractivity contribution >= 4 is 101 Å². The van der Waals surface area contributed by atoms with Crippen molar-refractivity contribution in [2.45, 2.75) is 52.4 Å². The van der Waals surface area contributed by atoms with Crippen LogP contribution in [0.4, 0.5) is 34.1 Å². The maximum absolute atomic E-state index is 7.11. The summed E-state index contributed by atoms with van der Waals surface area (Å²) in [5, 5.41) is 4.55. The molecule has 0 aliphatic carbocycles. The van der Waals surface area contributed by atoms with Gasteiger partial charge in [0.1, 0.15) is 22.3 Å². The number of nitrogens with zero attached hydrogens (tertiary/aromatic N) is 2. The lowest BCUT2D eigenvalue weighted by Crippen LogP contribution is -2.61. The van der Waals surface area contributed by atoms with E-state index >= 15 is 0 Å². The fraction of sp³-hybridized carbons (Fsp3) is 0.129. The molecule has 2 aliphatic heterocycles. The zero-order chi connectivity index (χ0) is 45.3. The Kier molecular flexibility index (Phi) is 8.49. The predicted molar refractivity (Wildman–Crippen MR) is 283 cm³/mol. The summed E-state index contributed by atoms with van der Waals surface area (Å²) in [5.74, 6) is 0. The molecule has 0 unspecified atom stereocenters. The lowest BCUT2D eigenvalue weighted by molar-refractivity contribution is 0.572. The standard InChI is InChI=1S/C62H49BN2O2/c1-61(2,3)48-32-15-30-46-44-28-13-26-42(57(44)66-59(46)48)40-24-17-34-50-55(40)64(38-20-9-7-10-21-38)52-36-19-37-53-54(52)63(50)51-35-18-25-41(56(51)65(53)39-22-11-8-12-23-39)43-27-14-29-45-47-31-16-33-49(62(4,5)6)60(47)67-58(43)45/h7-37H,1-6H3. The van der Waals surface area contributed by atoms with Crippen molar-refractivity contribution in [1.82, 2.24) is 0 Å². The van der Waals surface area contributed by atoms with Crippen molar-refractivity contribution < 1.29 is 8.83 Å². The van der Waals surface area contributed by atoms with E-state index in [4.69, 9.17) is 8.83 Å². The molecule has 2 aromatic heterocycles. The van der Waals surface area contributed by atoms with E-state index in [0.717, 1.165) is 100 Å². The topological polar surface area (TPSA) is 32.8 Å². The fourth-order valence-electron chi connectivity index (χ4n) is 11.4. The van der Waals surface area contributed by atoms with Crippen molar-refractivity contribution in [3.63, 3.8) is 0 Å². The number of furan rings is 2. The van der Waals surface area contributed by atoms with Crippen molar-refractivity contribution in [2.24, 2.45) is 0 Å².